The van der Waals surface area contributed by atoms with Gasteiger partial charge < -0.3 is 10.2 Å². The molecular weight excluding hydrogens is 605 g/mol. The molecule has 1 aliphatic carbocycles. The van der Waals surface area contributed by atoms with Gasteiger partial charge in [-0.25, -0.2) is 8.42 Å². The van der Waals surface area contributed by atoms with Gasteiger partial charge in [-0.15, -0.1) is 0 Å². The van der Waals surface area contributed by atoms with Crippen molar-refractivity contribution in [1.82, 2.24) is 10.2 Å². The molecule has 1 fully saturated rings. The van der Waals surface area contributed by atoms with Crippen LogP contribution in [-0.4, -0.2) is 50.0 Å². The molecule has 0 aliphatic heterocycles. The van der Waals surface area contributed by atoms with Crippen LogP contribution in [-0.2, 0) is 32.6 Å². The van der Waals surface area contributed by atoms with E-state index in [9.17, 15) is 18.0 Å². The van der Waals surface area contributed by atoms with Crippen LogP contribution < -0.4 is 9.62 Å². The Morgan fingerprint density at radius 2 is 1.53 bits per heavy atom. The topological polar surface area (TPSA) is 86.8 Å². The minimum atomic E-state index is -3.62. The van der Waals surface area contributed by atoms with Gasteiger partial charge in [-0.2, -0.15) is 0 Å². The quantitative estimate of drug-likeness (QED) is 0.227. The number of nitrogens with one attached hydrogen (secondary N) is 1. The van der Waals surface area contributed by atoms with Crippen LogP contribution in [0.1, 0.15) is 56.1 Å². The molecule has 4 rings (SSSR count). The second kappa shape index (κ2) is 15.6. The maximum absolute atomic E-state index is 14.0. The van der Waals surface area contributed by atoms with Crippen LogP contribution in [0.2, 0.25) is 10.0 Å². The van der Waals surface area contributed by atoms with Gasteiger partial charge in [0.2, 0.25) is 21.8 Å². The molecule has 0 saturated heterocycles. The highest BCUT2D eigenvalue weighted by Crippen LogP contribution is 2.24. The highest BCUT2D eigenvalue weighted by Gasteiger charge is 2.32. The highest BCUT2D eigenvalue weighted by molar-refractivity contribution is 7.92. The van der Waals surface area contributed by atoms with Crippen molar-refractivity contribution in [2.24, 2.45) is 0 Å². The number of carbonyl (C=O) groups excluding carboxylic acids is 2. The molecule has 0 bridgehead atoms. The molecular formula is C33H39Cl2N3O4S. The molecule has 230 valence electrons. The number of benzene rings is 3. The number of hydrogen-bond donors (Lipinski definition) is 1. The smallest absolute Gasteiger partial charge is 0.243 e. The third-order valence-corrected chi connectivity index (χ3v) is 9.38. The van der Waals surface area contributed by atoms with Gasteiger partial charge in [-0.1, -0.05) is 91.0 Å². The molecule has 1 atom stereocenters. The lowest BCUT2D eigenvalue weighted by Gasteiger charge is -2.34. The molecule has 1 saturated carbocycles. The lowest BCUT2D eigenvalue weighted by atomic mass is 9.94. The minimum absolute atomic E-state index is 0.0507. The van der Waals surface area contributed by atoms with E-state index in [4.69, 9.17) is 23.2 Å². The number of carbonyl (C=O) groups is 2. The van der Waals surface area contributed by atoms with Crippen molar-refractivity contribution >= 4 is 50.7 Å². The van der Waals surface area contributed by atoms with E-state index in [1.807, 2.05) is 42.5 Å². The molecule has 43 heavy (non-hydrogen) atoms. The Balaban J connectivity index is 1.59. The van der Waals surface area contributed by atoms with E-state index in [1.54, 1.807) is 41.3 Å². The first-order valence-corrected chi connectivity index (χ1v) is 17.3. The maximum Gasteiger partial charge on any atom is 0.243 e. The van der Waals surface area contributed by atoms with Crippen molar-refractivity contribution < 1.29 is 18.0 Å². The van der Waals surface area contributed by atoms with Gasteiger partial charge in [-0.3, -0.25) is 13.9 Å². The summed E-state index contributed by atoms with van der Waals surface area (Å²) < 4.78 is 26.5. The summed E-state index contributed by atoms with van der Waals surface area (Å²) in [5, 5.41) is 4.20. The van der Waals surface area contributed by atoms with Gasteiger partial charge in [0.1, 0.15) is 6.04 Å². The lowest BCUT2D eigenvalue weighted by molar-refractivity contribution is -0.141. The Labute approximate surface area is 265 Å². The van der Waals surface area contributed by atoms with Crippen LogP contribution in [0.4, 0.5) is 5.69 Å². The van der Waals surface area contributed by atoms with Crippen LogP contribution in [0.25, 0.3) is 0 Å². The van der Waals surface area contributed by atoms with Crippen molar-refractivity contribution in [2.75, 3.05) is 17.1 Å². The third kappa shape index (κ3) is 9.98. The number of amides is 2. The maximum atomic E-state index is 14.0. The van der Waals surface area contributed by atoms with Crippen LogP contribution in [0.15, 0.2) is 78.9 Å². The molecule has 0 heterocycles. The Bertz CT molecular complexity index is 1480. The fourth-order valence-corrected chi connectivity index (χ4v) is 6.92. The van der Waals surface area contributed by atoms with Gasteiger partial charge in [0.05, 0.1) is 11.9 Å². The van der Waals surface area contributed by atoms with Crippen LogP contribution in [0.5, 0.6) is 0 Å². The SMILES string of the molecule is CS(=O)(=O)N(CCCC(=O)N(Cc1cccc(Cl)c1)[C@@H](Cc1ccccc1)C(=O)NC1CCCCC1)c1cccc(Cl)c1. The Morgan fingerprint density at radius 3 is 2.19 bits per heavy atom. The van der Waals surface area contributed by atoms with Crippen LogP contribution in [0, 0.1) is 0 Å². The summed E-state index contributed by atoms with van der Waals surface area (Å²) >= 11 is 12.4. The standard InChI is InChI=1S/C33H39Cl2N3O4S/c1-43(41,42)38(30-18-9-15-28(35)23-30)20-10-19-32(39)37(24-26-13-8-14-27(34)21-26)31(22-25-11-4-2-5-12-25)33(40)36-29-16-6-3-7-17-29/h2,4-5,8-9,11-15,18,21,23,29,31H,3,6-7,10,16-17,19-20,22,24H2,1H3,(H,36,40)/t31-/m0/s1. The van der Waals surface area contributed by atoms with E-state index < -0.39 is 16.1 Å². The summed E-state index contributed by atoms with van der Waals surface area (Å²) in [6.07, 6.45) is 6.96. The average molecular weight is 645 g/mol. The number of halogens is 2. The summed E-state index contributed by atoms with van der Waals surface area (Å²) in [6, 6.07) is 22.9. The monoisotopic (exact) mass is 643 g/mol. The number of nitrogens with zero attached hydrogens (tertiary/aromatic N) is 2. The molecule has 7 nitrogen and oxygen atoms in total. The Morgan fingerprint density at radius 1 is 0.884 bits per heavy atom. The van der Waals surface area contributed by atoms with Gasteiger partial charge in [0.15, 0.2) is 0 Å². The summed E-state index contributed by atoms with van der Waals surface area (Å²) in [4.78, 5) is 29.6. The van der Waals surface area contributed by atoms with E-state index in [0.29, 0.717) is 22.2 Å². The molecule has 1 N–H and O–H groups in total. The van der Waals surface area contributed by atoms with Crippen molar-refractivity contribution in [3.63, 3.8) is 0 Å². The van der Waals surface area contributed by atoms with Crippen molar-refractivity contribution in [3.8, 4) is 0 Å². The second-order valence-electron chi connectivity index (χ2n) is 11.1. The predicted octanol–water partition coefficient (Wildman–Crippen LogP) is 6.63. The lowest BCUT2D eigenvalue weighted by Crippen LogP contribution is -2.52. The highest BCUT2D eigenvalue weighted by atomic mass is 35.5. The minimum Gasteiger partial charge on any atom is -0.352 e. The fourth-order valence-electron chi connectivity index (χ4n) is 5.57. The molecule has 0 unspecified atom stereocenters. The third-order valence-electron chi connectivity index (χ3n) is 7.71. The normalized spacial score (nSPS) is 14.6. The van der Waals surface area contributed by atoms with E-state index in [-0.39, 0.29) is 43.8 Å². The average Bonchev–Trinajstić information content (AvgIpc) is 2.97. The molecule has 0 radical (unpaired) electrons. The predicted molar refractivity (Wildman–Crippen MR) is 174 cm³/mol. The Kier molecular flexibility index (Phi) is 11.9. The van der Waals surface area contributed by atoms with Crippen LogP contribution >= 0.6 is 23.2 Å². The molecule has 10 heteroatoms. The summed E-state index contributed by atoms with van der Waals surface area (Å²) in [5.74, 6) is -0.415. The summed E-state index contributed by atoms with van der Waals surface area (Å²) in [5.41, 5.74) is 2.19. The van der Waals surface area contributed by atoms with E-state index in [1.165, 1.54) is 10.7 Å². The molecule has 2 amide bonds. The fraction of sp³-hybridized carbons (Fsp3) is 0.394. The number of anilines is 1. The van der Waals surface area contributed by atoms with Gasteiger partial charge in [0, 0.05) is 42.0 Å². The Hall–Kier alpha value is -3.07. The zero-order valence-electron chi connectivity index (χ0n) is 24.4. The zero-order chi connectivity index (χ0) is 30.8. The number of sulfonamides is 1. The van der Waals surface area contributed by atoms with Gasteiger partial charge >= 0.3 is 0 Å². The first-order chi connectivity index (χ1) is 20.6. The molecule has 0 spiro atoms. The summed E-state index contributed by atoms with van der Waals surface area (Å²) in [6.45, 7) is 0.284. The number of rotatable bonds is 13. The van der Waals surface area contributed by atoms with E-state index in [2.05, 4.69) is 5.32 Å². The van der Waals surface area contributed by atoms with E-state index >= 15 is 0 Å². The first kappa shape index (κ1) is 32.8. The summed E-state index contributed by atoms with van der Waals surface area (Å²) in [7, 11) is -3.62. The van der Waals surface area contributed by atoms with Crippen molar-refractivity contribution in [2.45, 2.75) is 70.0 Å². The largest absolute Gasteiger partial charge is 0.352 e. The van der Waals surface area contributed by atoms with Crippen molar-refractivity contribution in [3.05, 3.63) is 100 Å². The van der Waals surface area contributed by atoms with Crippen LogP contribution in [0.3, 0.4) is 0 Å². The first-order valence-electron chi connectivity index (χ1n) is 14.7. The van der Waals surface area contributed by atoms with Gasteiger partial charge in [0.25, 0.3) is 0 Å². The zero-order valence-corrected chi connectivity index (χ0v) is 26.8. The molecule has 3 aromatic rings. The molecule has 0 aromatic heterocycles. The number of hydrogen-bond acceptors (Lipinski definition) is 4. The van der Waals surface area contributed by atoms with Gasteiger partial charge in [-0.05, 0) is 60.7 Å². The van der Waals surface area contributed by atoms with Crippen molar-refractivity contribution in [1.29, 1.82) is 0 Å². The van der Waals surface area contributed by atoms with E-state index in [0.717, 1.165) is 43.1 Å². The molecule has 3 aromatic carbocycles. The second-order valence-corrected chi connectivity index (χ2v) is 13.9. The molecule has 1 aliphatic rings.